The van der Waals surface area contributed by atoms with Gasteiger partial charge < -0.3 is 25.0 Å². The van der Waals surface area contributed by atoms with Crippen LogP contribution in [0.15, 0.2) is 18.2 Å². The van der Waals surface area contributed by atoms with Crippen molar-refractivity contribution in [3.63, 3.8) is 0 Å². The molecule has 9 heteroatoms. The maximum absolute atomic E-state index is 14.5. The summed E-state index contributed by atoms with van der Waals surface area (Å²) in [6.45, 7) is 21.1. The molecule has 232 valence electrons. The lowest BCUT2D eigenvalue weighted by Gasteiger charge is -2.40. The van der Waals surface area contributed by atoms with E-state index in [1.165, 1.54) is 0 Å². The SMILES string of the molecule is CCOC(=O)CCNC(=O)C(c1cccc(C)c1C)N(C(=O)C(NC(=O)OC(C)(C)C)C(C)C)C(C)CCC(C)C. The van der Waals surface area contributed by atoms with E-state index in [0.717, 1.165) is 17.5 Å². The summed E-state index contributed by atoms with van der Waals surface area (Å²) in [5.74, 6) is -1.05. The average Bonchev–Trinajstić information content (AvgIpc) is 2.84. The van der Waals surface area contributed by atoms with E-state index < -0.39 is 35.7 Å². The minimum atomic E-state index is -0.978. The van der Waals surface area contributed by atoms with Crippen molar-refractivity contribution in [2.24, 2.45) is 11.8 Å². The molecule has 3 amide bonds. The Morgan fingerprint density at radius 3 is 2.15 bits per heavy atom. The second-order valence-electron chi connectivity index (χ2n) is 12.5. The van der Waals surface area contributed by atoms with Gasteiger partial charge in [0.25, 0.3) is 0 Å². The fourth-order valence-electron chi connectivity index (χ4n) is 4.53. The fourth-order valence-corrected chi connectivity index (χ4v) is 4.53. The molecule has 0 aliphatic heterocycles. The van der Waals surface area contributed by atoms with E-state index in [1.54, 1.807) is 32.6 Å². The number of rotatable bonds is 14. The van der Waals surface area contributed by atoms with Crippen LogP contribution in [-0.2, 0) is 23.9 Å². The topological polar surface area (TPSA) is 114 Å². The Hall–Kier alpha value is -3.10. The highest BCUT2D eigenvalue weighted by atomic mass is 16.6. The fraction of sp³-hybridized carbons (Fsp3) is 0.688. The van der Waals surface area contributed by atoms with E-state index in [2.05, 4.69) is 24.5 Å². The largest absolute Gasteiger partial charge is 0.466 e. The molecule has 1 aromatic rings. The van der Waals surface area contributed by atoms with E-state index in [-0.39, 0.29) is 37.4 Å². The number of benzene rings is 1. The maximum atomic E-state index is 14.5. The van der Waals surface area contributed by atoms with Crippen molar-refractivity contribution in [3.05, 3.63) is 34.9 Å². The Kier molecular flexibility index (Phi) is 14.3. The normalized spacial score (nSPS) is 13.8. The summed E-state index contributed by atoms with van der Waals surface area (Å²) in [6.07, 6.45) is 0.838. The molecule has 1 rings (SSSR count). The smallest absolute Gasteiger partial charge is 0.408 e. The summed E-state index contributed by atoms with van der Waals surface area (Å²) in [5.41, 5.74) is 1.84. The van der Waals surface area contributed by atoms with Gasteiger partial charge in [-0.3, -0.25) is 14.4 Å². The molecule has 2 N–H and O–H groups in total. The van der Waals surface area contributed by atoms with Crippen LogP contribution in [0.2, 0.25) is 0 Å². The molecule has 0 radical (unpaired) electrons. The van der Waals surface area contributed by atoms with Gasteiger partial charge >= 0.3 is 12.1 Å². The summed E-state index contributed by atoms with van der Waals surface area (Å²) in [5, 5.41) is 5.64. The van der Waals surface area contributed by atoms with Gasteiger partial charge in [0, 0.05) is 12.6 Å². The van der Waals surface area contributed by atoms with Crippen molar-refractivity contribution in [2.45, 2.75) is 119 Å². The van der Waals surface area contributed by atoms with Crippen LogP contribution in [0.4, 0.5) is 4.79 Å². The van der Waals surface area contributed by atoms with Gasteiger partial charge in [-0.25, -0.2) is 4.79 Å². The number of hydrogen-bond acceptors (Lipinski definition) is 6. The first-order valence-corrected chi connectivity index (χ1v) is 14.8. The van der Waals surface area contributed by atoms with Gasteiger partial charge in [-0.15, -0.1) is 0 Å². The molecule has 0 saturated heterocycles. The molecular weight excluding hydrogens is 522 g/mol. The monoisotopic (exact) mass is 575 g/mol. The number of carbonyl (C=O) groups excluding carboxylic acids is 4. The molecule has 3 unspecified atom stereocenters. The molecule has 0 aliphatic carbocycles. The van der Waals surface area contributed by atoms with Crippen LogP contribution < -0.4 is 10.6 Å². The lowest BCUT2D eigenvalue weighted by atomic mass is 9.91. The number of amides is 3. The second-order valence-corrected chi connectivity index (χ2v) is 12.5. The number of alkyl carbamates (subject to hydrolysis) is 1. The highest BCUT2D eigenvalue weighted by molar-refractivity contribution is 5.93. The molecule has 0 saturated carbocycles. The van der Waals surface area contributed by atoms with Crippen molar-refractivity contribution in [1.29, 1.82) is 0 Å². The van der Waals surface area contributed by atoms with Crippen LogP contribution in [0.25, 0.3) is 0 Å². The summed E-state index contributed by atoms with van der Waals surface area (Å²) < 4.78 is 10.5. The van der Waals surface area contributed by atoms with Crippen LogP contribution in [0.3, 0.4) is 0 Å². The molecule has 9 nitrogen and oxygen atoms in total. The summed E-state index contributed by atoms with van der Waals surface area (Å²) in [7, 11) is 0. The average molecular weight is 576 g/mol. The molecule has 0 spiro atoms. The van der Waals surface area contributed by atoms with Gasteiger partial charge in [-0.05, 0) is 89.8 Å². The standard InChI is InChI=1S/C32H53N3O6/c1-12-40-26(36)18-19-33-29(37)28(25-15-13-14-22(6)24(25)8)35(23(7)17-16-20(2)3)30(38)27(21(4)5)34-31(39)41-32(9,10)11/h13-15,20-21,23,27-28H,12,16-19H2,1-11H3,(H,33,37)(H,34,39). The molecule has 0 aromatic heterocycles. The first-order valence-electron chi connectivity index (χ1n) is 14.8. The summed E-state index contributed by atoms with van der Waals surface area (Å²) in [6, 6.07) is 3.46. The number of aryl methyl sites for hydroxylation is 1. The molecule has 0 aliphatic rings. The predicted octanol–water partition coefficient (Wildman–Crippen LogP) is 5.62. The van der Waals surface area contributed by atoms with E-state index in [1.807, 2.05) is 52.8 Å². The number of nitrogens with zero attached hydrogens (tertiary/aromatic N) is 1. The molecule has 1 aromatic carbocycles. The molecule has 3 atom stereocenters. The Bertz CT molecular complexity index is 1030. The van der Waals surface area contributed by atoms with Crippen molar-refractivity contribution < 1.29 is 28.7 Å². The highest BCUT2D eigenvalue weighted by Gasteiger charge is 2.40. The van der Waals surface area contributed by atoms with E-state index in [4.69, 9.17) is 9.47 Å². The lowest BCUT2D eigenvalue weighted by Crippen LogP contribution is -2.57. The van der Waals surface area contributed by atoms with Crippen molar-refractivity contribution in [1.82, 2.24) is 15.5 Å². The first kappa shape index (κ1) is 35.9. The van der Waals surface area contributed by atoms with Crippen molar-refractivity contribution in [3.8, 4) is 0 Å². The van der Waals surface area contributed by atoms with Gasteiger partial charge in [0.15, 0.2) is 0 Å². The minimum Gasteiger partial charge on any atom is -0.466 e. The number of esters is 1. The molecule has 0 bridgehead atoms. The third kappa shape index (κ3) is 11.7. The molecule has 0 heterocycles. The van der Waals surface area contributed by atoms with Crippen LogP contribution in [-0.4, -0.2) is 59.6 Å². The van der Waals surface area contributed by atoms with Gasteiger partial charge in [-0.1, -0.05) is 45.9 Å². The number of hydrogen-bond donors (Lipinski definition) is 2. The highest BCUT2D eigenvalue weighted by Crippen LogP contribution is 2.31. The predicted molar refractivity (Wildman–Crippen MR) is 161 cm³/mol. The Morgan fingerprint density at radius 2 is 1.61 bits per heavy atom. The van der Waals surface area contributed by atoms with Gasteiger partial charge in [0.05, 0.1) is 13.0 Å². The lowest BCUT2D eigenvalue weighted by molar-refractivity contribution is -0.146. The summed E-state index contributed by atoms with van der Waals surface area (Å²) >= 11 is 0. The van der Waals surface area contributed by atoms with E-state index >= 15 is 0 Å². The summed E-state index contributed by atoms with van der Waals surface area (Å²) in [4.78, 5) is 54.8. The second kappa shape index (κ2) is 16.4. The van der Waals surface area contributed by atoms with Crippen LogP contribution >= 0.6 is 0 Å². The molecular formula is C32H53N3O6. The zero-order valence-corrected chi connectivity index (χ0v) is 27.1. The van der Waals surface area contributed by atoms with Crippen LogP contribution in [0.1, 0.15) is 104 Å². The number of ether oxygens (including phenoxy) is 2. The first-order chi connectivity index (χ1) is 19.0. The van der Waals surface area contributed by atoms with Crippen LogP contribution in [0.5, 0.6) is 0 Å². The van der Waals surface area contributed by atoms with Crippen LogP contribution in [0, 0.1) is 25.7 Å². The third-order valence-electron chi connectivity index (χ3n) is 6.90. The van der Waals surface area contributed by atoms with Gasteiger partial charge in [-0.2, -0.15) is 0 Å². The van der Waals surface area contributed by atoms with Gasteiger partial charge in [0.2, 0.25) is 11.8 Å². The van der Waals surface area contributed by atoms with Crippen molar-refractivity contribution in [2.75, 3.05) is 13.2 Å². The molecule has 41 heavy (non-hydrogen) atoms. The third-order valence-corrected chi connectivity index (χ3v) is 6.90. The molecule has 0 fully saturated rings. The number of carbonyl (C=O) groups is 4. The zero-order chi connectivity index (χ0) is 31.5. The quantitative estimate of drug-likeness (QED) is 0.279. The maximum Gasteiger partial charge on any atom is 0.408 e. The Morgan fingerprint density at radius 1 is 0.976 bits per heavy atom. The van der Waals surface area contributed by atoms with Gasteiger partial charge in [0.1, 0.15) is 17.7 Å². The van der Waals surface area contributed by atoms with E-state index in [0.29, 0.717) is 17.9 Å². The number of nitrogens with one attached hydrogen (secondary N) is 2. The van der Waals surface area contributed by atoms with Crippen molar-refractivity contribution >= 4 is 23.9 Å². The van der Waals surface area contributed by atoms with E-state index in [9.17, 15) is 19.2 Å². The minimum absolute atomic E-state index is 0.0186. The Balaban J connectivity index is 3.63. The Labute approximate surface area is 247 Å². The zero-order valence-electron chi connectivity index (χ0n) is 27.1.